The first kappa shape index (κ1) is 17.5. The van der Waals surface area contributed by atoms with Crippen molar-refractivity contribution in [3.05, 3.63) is 65.7 Å². The molecule has 27 heavy (non-hydrogen) atoms. The van der Waals surface area contributed by atoms with Crippen LogP contribution in [0, 0.1) is 0 Å². The fraction of sp³-hybridized carbons (Fsp3) is 0.333. The summed E-state index contributed by atoms with van der Waals surface area (Å²) >= 11 is 0. The van der Waals surface area contributed by atoms with Gasteiger partial charge in [0.2, 0.25) is 5.91 Å². The summed E-state index contributed by atoms with van der Waals surface area (Å²) in [5.41, 5.74) is 1.68. The lowest BCUT2D eigenvalue weighted by molar-refractivity contribution is -0.153. The Morgan fingerprint density at radius 3 is 2.56 bits per heavy atom. The summed E-state index contributed by atoms with van der Waals surface area (Å²) in [7, 11) is 1.59. The lowest BCUT2D eigenvalue weighted by atomic mass is 10.1. The van der Waals surface area contributed by atoms with Crippen LogP contribution in [0.2, 0.25) is 0 Å². The number of carbonyl (C=O) groups excluding carboxylic acids is 2. The van der Waals surface area contributed by atoms with Gasteiger partial charge in [-0.2, -0.15) is 0 Å². The van der Waals surface area contributed by atoms with Crippen molar-refractivity contribution < 1.29 is 19.1 Å². The van der Waals surface area contributed by atoms with Gasteiger partial charge in [-0.3, -0.25) is 9.59 Å². The fourth-order valence-electron chi connectivity index (χ4n) is 3.73. The third-order valence-corrected chi connectivity index (χ3v) is 5.20. The van der Waals surface area contributed by atoms with Gasteiger partial charge in [0, 0.05) is 25.2 Å². The molecule has 0 spiro atoms. The van der Waals surface area contributed by atoms with Crippen molar-refractivity contribution in [3.63, 3.8) is 0 Å². The summed E-state index contributed by atoms with van der Waals surface area (Å²) in [5, 5.41) is 0. The summed E-state index contributed by atoms with van der Waals surface area (Å²) in [6.07, 6.45) is -0.145. The lowest BCUT2D eigenvalue weighted by Gasteiger charge is -2.36. The van der Waals surface area contributed by atoms with E-state index in [1.54, 1.807) is 36.3 Å². The van der Waals surface area contributed by atoms with Crippen molar-refractivity contribution in [3.8, 4) is 5.75 Å². The van der Waals surface area contributed by atoms with Gasteiger partial charge in [0.05, 0.1) is 19.3 Å². The topological polar surface area (TPSA) is 59.1 Å². The summed E-state index contributed by atoms with van der Waals surface area (Å²) in [6.45, 7) is 1.58. The number of rotatable bonds is 4. The van der Waals surface area contributed by atoms with E-state index in [1.165, 1.54) is 0 Å². The van der Waals surface area contributed by atoms with Gasteiger partial charge in [0.15, 0.2) is 0 Å². The van der Waals surface area contributed by atoms with E-state index in [-0.39, 0.29) is 30.6 Å². The smallest absolute Gasteiger partial charge is 0.254 e. The molecule has 140 valence electrons. The van der Waals surface area contributed by atoms with E-state index in [0.29, 0.717) is 30.9 Å². The fourth-order valence-corrected chi connectivity index (χ4v) is 3.73. The van der Waals surface area contributed by atoms with E-state index in [4.69, 9.17) is 9.47 Å². The minimum absolute atomic E-state index is 0.0288. The van der Waals surface area contributed by atoms with Crippen molar-refractivity contribution >= 4 is 11.8 Å². The highest BCUT2D eigenvalue weighted by Gasteiger charge is 2.44. The maximum absolute atomic E-state index is 12.9. The number of methoxy groups -OCH3 is 1. The van der Waals surface area contributed by atoms with Gasteiger partial charge in [0.1, 0.15) is 12.4 Å². The number of nitrogens with zero attached hydrogens (tertiary/aromatic N) is 2. The molecule has 0 unspecified atom stereocenters. The molecule has 2 aromatic carbocycles. The molecular formula is C21H22N2O4. The average Bonchev–Trinajstić information content (AvgIpc) is 3.15. The van der Waals surface area contributed by atoms with E-state index in [1.807, 2.05) is 35.2 Å². The van der Waals surface area contributed by atoms with Crippen molar-refractivity contribution in [2.75, 3.05) is 26.8 Å². The molecule has 0 saturated carbocycles. The molecular weight excluding hydrogens is 344 g/mol. The van der Waals surface area contributed by atoms with Gasteiger partial charge < -0.3 is 19.3 Å². The SMILES string of the molecule is COc1ccc(C(=O)N2C[C@@H]3OCC(=O)N(Cc4ccccc4)[C@@H]3C2)cc1. The van der Waals surface area contributed by atoms with Gasteiger partial charge >= 0.3 is 0 Å². The van der Waals surface area contributed by atoms with Crippen LogP contribution >= 0.6 is 0 Å². The summed E-state index contributed by atoms with van der Waals surface area (Å²) in [4.78, 5) is 28.9. The predicted molar refractivity (Wildman–Crippen MR) is 99.4 cm³/mol. The minimum atomic E-state index is -0.145. The molecule has 2 aliphatic rings. The number of carbonyl (C=O) groups is 2. The zero-order valence-electron chi connectivity index (χ0n) is 15.2. The Labute approximate surface area is 158 Å². The third kappa shape index (κ3) is 3.53. The molecule has 0 aromatic heterocycles. The van der Waals surface area contributed by atoms with Crippen molar-refractivity contribution in [2.45, 2.75) is 18.7 Å². The maximum Gasteiger partial charge on any atom is 0.254 e. The van der Waals surface area contributed by atoms with Crippen molar-refractivity contribution in [2.24, 2.45) is 0 Å². The Bertz CT molecular complexity index is 822. The van der Waals surface area contributed by atoms with E-state index >= 15 is 0 Å². The first-order valence-electron chi connectivity index (χ1n) is 9.04. The van der Waals surface area contributed by atoms with Crippen molar-refractivity contribution in [1.82, 2.24) is 9.80 Å². The normalized spacial score (nSPS) is 21.9. The molecule has 6 heteroatoms. The summed E-state index contributed by atoms with van der Waals surface area (Å²) in [6, 6.07) is 16.9. The standard InChI is InChI=1S/C21H22N2O4/c1-26-17-9-7-16(8-10-17)21(25)22-12-18-19(13-22)27-14-20(24)23(18)11-15-5-3-2-4-6-15/h2-10,18-19H,11-14H2,1H3/t18-,19+/m1/s1. The number of fused-ring (bicyclic) bond motifs is 1. The Hall–Kier alpha value is -2.86. The summed E-state index contributed by atoms with van der Waals surface area (Å²) < 4.78 is 10.9. The van der Waals surface area contributed by atoms with Crippen LogP contribution < -0.4 is 4.74 Å². The molecule has 2 fully saturated rings. The van der Waals surface area contributed by atoms with Crippen LogP contribution in [0.15, 0.2) is 54.6 Å². The van der Waals surface area contributed by atoms with Gasteiger partial charge in [0.25, 0.3) is 5.91 Å². The predicted octanol–water partition coefficient (Wildman–Crippen LogP) is 1.95. The van der Waals surface area contributed by atoms with Gasteiger partial charge in [-0.05, 0) is 29.8 Å². The molecule has 0 aliphatic carbocycles. The first-order valence-corrected chi connectivity index (χ1v) is 9.04. The highest BCUT2D eigenvalue weighted by Crippen LogP contribution is 2.26. The van der Waals surface area contributed by atoms with Gasteiger partial charge in [-0.15, -0.1) is 0 Å². The first-order chi connectivity index (χ1) is 13.2. The second kappa shape index (κ2) is 7.40. The van der Waals surface area contributed by atoms with E-state index in [2.05, 4.69) is 0 Å². The number of hydrogen-bond donors (Lipinski definition) is 0. The largest absolute Gasteiger partial charge is 0.497 e. The van der Waals surface area contributed by atoms with Crippen LogP contribution in [0.3, 0.4) is 0 Å². The molecule has 2 aromatic rings. The molecule has 0 radical (unpaired) electrons. The highest BCUT2D eigenvalue weighted by atomic mass is 16.5. The van der Waals surface area contributed by atoms with E-state index in [9.17, 15) is 9.59 Å². The minimum Gasteiger partial charge on any atom is -0.497 e. The summed E-state index contributed by atoms with van der Waals surface area (Å²) in [5.74, 6) is 0.631. The number of amides is 2. The highest BCUT2D eigenvalue weighted by molar-refractivity contribution is 5.94. The van der Waals surface area contributed by atoms with Crippen LogP contribution in [0.1, 0.15) is 15.9 Å². The molecule has 4 rings (SSSR count). The Morgan fingerprint density at radius 1 is 1.11 bits per heavy atom. The monoisotopic (exact) mass is 366 g/mol. The van der Waals surface area contributed by atoms with Crippen LogP contribution in [0.25, 0.3) is 0 Å². The molecule has 2 saturated heterocycles. The Morgan fingerprint density at radius 2 is 1.85 bits per heavy atom. The van der Waals surface area contributed by atoms with Crippen LogP contribution in [0.4, 0.5) is 0 Å². The van der Waals surface area contributed by atoms with Crippen LogP contribution in [0.5, 0.6) is 5.75 Å². The second-order valence-electron chi connectivity index (χ2n) is 6.86. The van der Waals surface area contributed by atoms with Crippen LogP contribution in [-0.2, 0) is 16.1 Å². The molecule has 6 nitrogen and oxygen atoms in total. The maximum atomic E-state index is 12.9. The number of benzene rings is 2. The number of morpholine rings is 1. The molecule has 2 heterocycles. The molecule has 2 atom stereocenters. The van der Waals surface area contributed by atoms with Crippen molar-refractivity contribution in [1.29, 1.82) is 0 Å². The zero-order chi connectivity index (χ0) is 18.8. The lowest BCUT2D eigenvalue weighted by Crippen LogP contribution is -2.53. The Kier molecular flexibility index (Phi) is 4.81. The van der Waals surface area contributed by atoms with Gasteiger partial charge in [-0.25, -0.2) is 0 Å². The molecule has 2 amide bonds. The average molecular weight is 366 g/mol. The Balaban J connectivity index is 1.49. The van der Waals surface area contributed by atoms with Crippen LogP contribution in [-0.4, -0.2) is 60.6 Å². The van der Waals surface area contributed by atoms with E-state index < -0.39 is 0 Å². The number of likely N-dealkylation sites (tertiary alicyclic amines) is 1. The molecule has 0 bridgehead atoms. The molecule has 2 aliphatic heterocycles. The molecule has 0 N–H and O–H groups in total. The van der Waals surface area contributed by atoms with Gasteiger partial charge in [-0.1, -0.05) is 30.3 Å². The number of ether oxygens (including phenoxy) is 2. The quantitative estimate of drug-likeness (QED) is 0.830. The second-order valence-corrected chi connectivity index (χ2v) is 6.86. The third-order valence-electron chi connectivity index (χ3n) is 5.20. The van der Waals surface area contributed by atoms with E-state index in [0.717, 1.165) is 5.56 Å². The number of hydrogen-bond acceptors (Lipinski definition) is 4. The zero-order valence-corrected chi connectivity index (χ0v) is 15.2.